The summed E-state index contributed by atoms with van der Waals surface area (Å²) in [5.41, 5.74) is 4.40. The van der Waals surface area contributed by atoms with Crippen LogP contribution in [0.25, 0.3) is 0 Å². The van der Waals surface area contributed by atoms with Gasteiger partial charge in [-0.05, 0) is 66.6 Å². The summed E-state index contributed by atoms with van der Waals surface area (Å²) in [6.07, 6.45) is -0.365. The van der Waals surface area contributed by atoms with E-state index in [-0.39, 0.29) is 12.8 Å². The molecule has 9 heteroatoms. The summed E-state index contributed by atoms with van der Waals surface area (Å²) >= 11 is 21.7. The predicted octanol–water partition coefficient (Wildman–Crippen LogP) is 7.38. The molecule has 5 nitrogen and oxygen atoms in total. The van der Waals surface area contributed by atoms with Crippen molar-refractivity contribution in [1.29, 1.82) is 0 Å². The van der Waals surface area contributed by atoms with Crippen molar-refractivity contribution in [3.8, 4) is 0 Å². The number of thiocarbonyl (C=S) groups is 1. The maximum Gasteiger partial charge on any atom is 0.303 e. The lowest BCUT2D eigenvalue weighted by molar-refractivity contribution is -0.138. The maximum absolute atomic E-state index is 12.1. The minimum Gasteiger partial charge on any atom is -0.481 e. The molecule has 0 aromatic heterocycles. The second-order valence-electron chi connectivity index (χ2n) is 7.24. The van der Waals surface area contributed by atoms with Gasteiger partial charge in [-0.25, -0.2) is 0 Å². The Morgan fingerprint density at radius 2 is 1.70 bits per heavy atom. The fraction of sp³-hybridized carbons (Fsp3) is 0.125. The van der Waals surface area contributed by atoms with E-state index in [1.807, 2.05) is 37.3 Å². The van der Waals surface area contributed by atoms with Crippen LogP contribution >= 0.6 is 51.3 Å². The van der Waals surface area contributed by atoms with E-state index in [9.17, 15) is 9.59 Å². The number of carboxylic acid groups (broad SMARTS) is 1. The van der Waals surface area contributed by atoms with Gasteiger partial charge in [0.1, 0.15) is 0 Å². The van der Waals surface area contributed by atoms with Gasteiger partial charge in [-0.3, -0.25) is 9.59 Å². The number of benzene rings is 3. The van der Waals surface area contributed by atoms with Gasteiger partial charge < -0.3 is 15.7 Å². The molecule has 1 amide bonds. The number of aryl methyl sites for hydroxylation is 1. The molecule has 0 heterocycles. The van der Waals surface area contributed by atoms with Crippen molar-refractivity contribution in [1.82, 2.24) is 0 Å². The van der Waals surface area contributed by atoms with Crippen LogP contribution in [-0.2, 0) is 9.59 Å². The van der Waals surface area contributed by atoms with Crippen LogP contribution in [0.2, 0.25) is 10.0 Å². The number of anilines is 3. The SMILES string of the molecule is Cc1cc(Cl)ccc1C(=S)c1ccc(Nc2ccc(Br)cc2NC(=O)CCC(=O)O)cc1Cl. The molecular weight excluding hydrogens is 547 g/mol. The van der Waals surface area contributed by atoms with E-state index in [1.54, 1.807) is 24.3 Å². The Labute approximate surface area is 215 Å². The number of hydrogen-bond donors (Lipinski definition) is 3. The van der Waals surface area contributed by atoms with Gasteiger partial charge in [0, 0.05) is 27.2 Å². The van der Waals surface area contributed by atoms with Gasteiger partial charge in [0.15, 0.2) is 0 Å². The summed E-state index contributed by atoms with van der Waals surface area (Å²) in [6.45, 7) is 1.94. The molecule has 3 aromatic carbocycles. The van der Waals surface area contributed by atoms with Crippen LogP contribution < -0.4 is 10.6 Å². The molecule has 0 saturated heterocycles. The van der Waals surface area contributed by atoms with E-state index < -0.39 is 11.9 Å². The molecule has 3 aromatic rings. The second kappa shape index (κ2) is 11.1. The summed E-state index contributed by atoms with van der Waals surface area (Å²) < 4.78 is 0.763. The van der Waals surface area contributed by atoms with E-state index in [0.29, 0.717) is 32.0 Å². The van der Waals surface area contributed by atoms with E-state index >= 15 is 0 Å². The van der Waals surface area contributed by atoms with E-state index in [0.717, 1.165) is 21.2 Å². The minimum atomic E-state index is -1.03. The van der Waals surface area contributed by atoms with Gasteiger partial charge in [-0.1, -0.05) is 57.4 Å². The molecule has 0 aliphatic heterocycles. The van der Waals surface area contributed by atoms with E-state index in [1.165, 1.54) is 0 Å². The molecule has 0 spiro atoms. The highest BCUT2D eigenvalue weighted by Gasteiger charge is 2.14. The van der Waals surface area contributed by atoms with Crippen LogP contribution in [0.3, 0.4) is 0 Å². The normalized spacial score (nSPS) is 10.5. The molecule has 170 valence electrons. The Kier molecular flexibility index (Phi) is 8.48. The first kappa shape index (κ1) is 25.2. The van der Waals surface area contributed by atoms with Gasteiger partial charge >= 0.3 is 5.97 Å². The highest BCUT2D eigenvalue weighted by Crippen LogP contribution is 2.32. The Morgan fingerprint density at radius 1 is 0.970 bits per heavy atom. The fourth-order valence-corrected chi connectivity index (χ4v) is 4.45. The van der Waals surface area contributed by atoms with Crippen LogP contribution in [-0.4, -0.2) is 21.8 Å². The number of carboxylic acids is 1. The lowest BCUT2D eigenvalue weighted by Crippen LogP contribution is -2.14. The molecule has 0 aliphatic carbocycles. The molecule has 0 bridgehead atoms. The third kappa shape index (κ3) is 6.77. The Balaban J connectivity index is 1.82. The number of carbonyl (C=O) groups excluding carboxylic acids is 1. The van der Waals surface area contributed by atoms with Crippen molar-refractivity contribution < 1.29 is 14.7 Å². The van der Waals surface area contributed by atoms with Gasteiger partial charge in [0.25, 0.3) is 0 Å². The standard InChI is InChI=1S/C24H19BrCl2N2O3S/c1-13-10-15(26)3-5-17(13)24(33)18-6-4-16(12-19(18)27)28-20-7-2-14(25)11-21(20)29-22(30)8-9-23(31)32/h2-7,10-12,28H,8-9H2,1H3,(H,29,30)(H,31,32). The Morgan fingerprint density at radius 3 is 2.36 bits per heavy atom. The molecule has 0 atom stereocenters. The molecule has 0 saturated carbocycles. The molecular formula is C24H19BrCl2N2O3S. The molecule has 3 rings (SSSR count). The van der Waals surface area contributed by atoms with Crippen molar-refractivity contribution in [2.45, 2.75) is 19.8 Å². The minimum absolute atomic E-state index is 0.122. The van der Waals surface area contributed by atoms with Crippen LogP contribution in [0.4, 0.5) is 17.1 Å². The van der Waals surface area contributed by atoms with Gasteiger partial charge in [0.05, 0.1) is 27.7 Å². The molecule has 0 radical (unpaired) electrons. The van der Waals surface area contributed by atoms with Crippen molar-refractivity contribution in [2.24, 2.45) is 0 Å². The highest BCUT2D eigenvalue weighted by molar-refractivity contribution is 9.10. The molecule has 3 N–H and O–H groups in total. The Bertz CT molecular complexity index is 1250. The first-order valence-electron chi connectivity index (χ1n) is 9.82. The number of carbonyl (C=O) groups is 2. The van der Waals surface area contributed by atoms with Gasteiger partial charge in [-0.15, -0.1) is 0 Å². The highest BCUT2D eigenvalue weighted by atomic mass is 79.9. The second-order valence-corrected chi connectivity index (χ2v) is 9.41. The van der Waals surface area contributed by atoms with Crippen LogP contribution in [0, 0.1) is 6.92 Å². The number of nitrogens with one attached hydrogen (secondary N) is 2. The molecule has 33 heavy (non-hydrogen) atoms. The quantitative estimate of drug-likeness (QED) is 0.196. The number of hydrogen-bond acceptors (Lipinski definition) is 4. The van der Waals surface area contributed by atoms with E-state index in [4.69, 9.17) is 40.5 Å². The fourth-order valence-electron chi connectivity index (χ4n) is 3.12. The summed E-state index contributed by atoms with van der Waals surface area (Å²) in [6, 6.07) is 16.3. The first-order valence-corrected chi connectivity index (χ1v) is 11.8. The van der Waals surface area contributed by atoms with Crippen LogP contribution in [0.1, 0.15) is 29.5 Å². The van der Waals surface area contributed by atoms with Crippen molar-refractivity contribution >= 4 is 85.2 Å². The predicted molar refractivity (Wildman–Crippen MR) is 141 cm³/mol. The largest absolute Gasteiger partial charge is 0.481 e. The zero-order valence-electron chi connectivity index (χ0n) is 17.4. The van der Waals surface area contributed by atoms with Crippen LogP contribution in [0.5, 0.6) is 0 Å². The maximum atomic E-state index is 12.1. The zero-order valence-corrected chi connectivity index (χ0v) is 21.3. The summed E-state index contributed by atoms with van der Waals surface area (Å²) in [5, 5.41) is 15.9. The number of halogens is 3. The topological polar surface area (TPSA) is 78.4 Å². The third-order valence-electron chi connectivity index (χ3n) is 4.75. The summed E-state index contributed by atoms with van der Waals surface area (Å²) in [5.74, 6) is -1.42. The lowest BCUT2D eigenvalue weighted by Gasteiger charge is -2.15. The monoisotopic (exact) mass is 564 g/mol. The third-order valence-corrected chi connectivity index (χ3v) is 6.23. The average Bonchev–Trinajstić information content (AvgIpc) is 2.74. The van der Waals surface area contributed by atoms with Gasteiger partial charge in [0.2, 0.25) is 5.91 Å². The average molecular weight is 566 g/mol. The lowest BCUT2D eigenvalue weighted by atomic mass is 10.00. The smallest absolute Gasteiger partial charge is 0.303 e. The zero-order chi connectivity index (χ0) is 24.1. The molecule has 0 unspecified atom stereocenters. The van der Waals surface area contributed by atoms with Crippen molar-refractivity contribution in [3.05, 3.63) is 85.8 Å². The van der Waals surface area contributed by atoms with Crippen molar-refractivity contribution in [2.75, 3.05) is 10.6 Å². The number of rotatable bonds is 8. The summed E-state index contributed by atoms with van der Waals surface area (Å²) in [4.78, 5) is 23.5. The summed E-state index contributed by atoms with van der Waals surface area (Å²) in [7, 11) is 0. The Hall–Kier alpha value is -2.45. The number of aliphatic carboxylic acids is 1. The molecule has 0 aliphatic rings. The van der Waals surface area contributed by atoms with E-state index in [2.05, 4.69) is 26.6 Å². The number of amides is 1. The molecule has 0 fully saturated rings. The van der Waals surface area contributed by atoms with Gasteiger partial charge in [-0.2, -0.15) is 0 Å². The van der Waals surface area contributed by atoms with Crippen LogP contribution in [0.15, 0.2) is 59.1 Å². The van der Waals surface area contributed by atoms with Crippen molar-refractivity contribution in [3.63, 3.8) is 0 Å². The first-order chi connectivity index (χ1) is 15.6.